The van der Waals surface area contributed by atoms with Crippen LogP contribution in [-0.2, 0) is 10.0 Å². The molecule has 0 saturated carbocycles. The number of para-hydroxylation sites is 1. The molecule has 10 heteroatoms. The van der Waals surface area contributed by atoms with Gasteiger partial charge in [-0.15, -0.1) is 0 Å². The lowest BCUT2D eigenvalue weighted by Crippen LogP contribution is -2.15. The number of carbonyl (C=O) groups excluding carboxylic acids is 1. The standard InChI is InChI=1S/C25H20N6O3S/c1-17-21(16-27-31(17)24-14-9-18-6-2-3-7-22(18)29-24)25(32)28-19-10-12-20(13-11-19)35(33,34)30-23-8-4-5-15-26-23/h2-16H,1H3,(H,26,30)(H,28,32). The van der Waals surface area contributed by atoms with E-state index in [0.717, 1.165) is 10.9 Å². The lowest BCUT2D eigenvalue weighted by molar-refractivity contribution is 0.102. The number of carbonyl (C=O) groups is 1. The van der Waals surface area contributed by atoms with Crippen molar-refractivity contribution in [1.29, 1.82) is 0 Å². The summed E-state index contributed by atoms with van der Waals surface area (Å²) in [7, 11) is -3.81. The highest BCUT2D eigenvalue weighted by atomic mass is 32.2. The van der Waals surface area contributed by atoms with Gasteiger partial charge < -0.3 is 5.32 Å². The normalized spacial score (nSPS) is 11.3. The predicted octanol–water partition coefficient (Wildman–Crippen LogP) is 4.18. The second-order valence-corrected chi connectivity index (χ2v) is 9.40. The molecule has 5 aromatic rings. The maximum Gasteiger partial charge on any atom is 0.263 e. The molecule has 3 heterocycles. The van der Waals surface area contributed by atoms with Crippen LogP contribution in [0.2, 0.25) is 0 Å². The fourth-order valence-electron chi connectivity index (χ4n) is 3.57. The number of pyridine rings is 2. The Balaban J connectivity index is 1.32. The number of fused-ring (bicyclic) bond motifs is 1. The number of hydrogen-bond donors (Lipinski definition) is 2. The lowest BCUT2D eigenvalue weighted by atomic mass is 10.2. The summed E-state index contributed by atoms with van der Waals surface area (Å²) in [6, 6.07) is 22.4. The SMILES string of the molecule is Cc1c(C(=O)Nc2ccc(S(=O)(=O)Nc3ccccn3)cc2)cnn1-c1ccc2ccccc2n1. The average molecular weight is 485 g/mol. The lowest BCUT2D eigenvalue weighted by Gasteiger charge is -2.09. The summed E-state index contributed by atoms with van der Waals surface area (Å²) in [4.78, 5) is 21.5. The molecule has 0 saturated heterocycles. The molecule has 35 heavy (non-hydrogen) atoms. The van der Waals surface area contributed by atoms with E-state index in [4.69, 9.17) is 0 Å². The van der Waals surface area contributed by atoms with Gasteiger partial charge in [-0.2, -0.15) is 5.10 Å². The van der Waals surface area contributed by atoms with Crippen LogP contribution in [0.15, 0.2) is 96.2 Å². The number of nitrogens with one attached hydrogen (secondary N) is 2. The third-order valence-corrected chi connectivity index (χ3v) is 6.75. The van der Waals surface area contributed by atoms with E-state index < -0.39 is 10.0 Å². The first-order chi connectivity index (χ1) is 16.9. The van der Waals surface area contributed by atoms with Crippen molar-refractivity contribution in [3.8, 4) is 5.82 Å². The van der Waals surface area contributed by atoms with Crippen LogP contribution in [0.25, 0.3) is 16.7 Å². The van der Waals surface area contributed by atoms with Crippen molar-refractivity contribution in [3.63, 3.8) is 0 Å². The molecule has 0 fully saturated rings. The molecule has 0 bridgehead atoms. The number of anilines is 2. The largest absolute Gasteiger partial charge is 0.322 e. The number of nitrogens with zero attached hydrogens (tertiary/aromatic N) is 4. The van der Waals surface area contributed by atoms with Gasteiger partial charge in [-0.25, -0.2) is 23.1 Å². The zero-order chi connectivity index (χ0) is 24.4. The summed E-state index contributed by atoms with van der Waals surface area (Å²) in [6.45, 7) is 1.79. The smallest absolute Gasteiger partial charge is 0.263 e. The molecule has 0 unspecified atom stereocenters. The molecule has 2 aromatic carbocycles. The van der Waals surface area contributed by atoms with Crippen molar-refractivity contribution in [2.45, 2.75) is 11.8 Å². The summed E-state index contributed by atoms with van der Waals surface area (Å²) in [6.07, 6.45) is 2.98. The Morgan fingerprint density at radius 3 is 2.46 bits per heavy atom. The topological polar surface area (TPSA) is 119 Å². The molecule has 0 radical (unpaired) electrons. The van der Waals surface area contributed by atoms with E-state index in [9.17, 15) is 13.2 Å². The summed E-state index contributed by atoms with van der Waals surface area (Å²) in [5, 5.41) is 8.14. The molecular formula is C25H20N6O3S. The van der Waals surface area contributed by atoms with Gasteiger partial charge in [-0.3, -0.25) is 9.52 Å². The van der Waals surface area contributed by atoms with Crippen molar-refractivity contribution >= 4 is 38.3 Å². The van der Waals surface area contributed by atoms with Crippen LogP contribution >= 0.6 is 0 Å². The molecule has 0 aliphatic rings. The monoisotopic (exact) mass is 484 g/mol. The minimum Gasteiger partial charge on any atom is -0.322 e. The maximum atomic E-state index is 12.9. The van der Waals surface area contributed by atoms with E-state index in [-0.39, 0.29) is 16.6 Å². The molecule has 0 aliphatic heterocycles. The predicted molar refractivity (Wildman–Crippen MR) is 133 cm³/mol. The highest BCUT2D eigenvalue weighted by Crippen LogP contribution is 2.20. The molecule has 2 N–H and O–H groups in total. The van der Waals surface area contributed by atoms with Gasteiger partial charge in [-0.05, 0) is 61.5 Å². The maximum absolute atomic E-state index is 12.9. The first-order valence-electron chi connectivity index (χ1n) is 10.7. The molecule has 0 aliphatic carbocycles. The second kappa shape index (κ2) is 8.99. The van der Waals surface area contributed by atoms with Gasteiger partial charge in [0.15, 0.2) is 5.82 Å². The van der Waals surface area contributed by atoms with Gasteiger partial charge in [0.25, 0.3) is 15.9 Å². The van der Waals surface area contributed by atoms with Gasteiger partial charge in [0.05, 0.1) is 27.9 Å². The molecular weight excluding hydrogens is 464 g/mol. The van der Waals surface area contributed by atoms with Gasteiger partial charge in [0.2, 0.25) is 0 Å². The number of rotatable bonds is 6. The Bertz CT molecular complexity index is 1630. The molecule has 5 rings (SSSR count). The summed E-state index contributed by atoms with van der Waals surface area (Å²) >= 11 is 0. The van der Waals surface area contributed by atoms with E-state index in [0.29, 0.717) is 22.8 Å². The minimum absolute atomic E-state index is 0.0486. The van der Waals surface area contributed by atoms with Crippen LogP contribution in [0.1, 0.15) is 16.1 Å². The fraction of sp³-hybridized carbons (Fsp3) is 0.0400. The first kappa shape index (κ1) is 22.2. The van der Waals surface area contributed by atoms with Gasteiger partial charge >= 0.3 is 0 Å². The van der Waals surface area contributed by atoms with Crippen LogP contribution in [0.4, 0.5) is 11.5 Å². The molecule has 174 valence electrons. The average Bonchev–Trinajstić information content (AvgIpc) is 3.26. The van der Waals surface area contributed by atoms with Crippen LogP contribution in [-0.4, -0.2) is 34.1 Å². The quantitative estimate of drug-likeness (QED) is 0.373. The Morgan fingerprint density at radius 2 is 1.69 bits per heavy atom. The van der Waals surface area contributed by atoms with E-state index >= 15 is 0 Å². The van der Waals surface area contributed by atoms with Gasteiger partial charge in [-0.1, -0.05) is 24.3 Å². The van der Waals surface area contributed by atoms with E-state index in [1.165, 1.54) is 36.7 Å². The number of benzene rings is 2. The number of hydrogen-bond acceptors (Lipinski definition) is 6. The van der Waals surface area contributed by atoms with Crippen molar-refractivity contribution < 1.29 is 13.2 Å². The number of aromatic nitrogens is 4. The number of sulfonamides is 1. The number of amides is 1. The highest BCUT2D eigenvalue weighted by Gasteiger charge is 2.18. The van der Waals surface area contributed by atoms with Crippen LogP contribution < -0.4 is 10.0 Å². The summed E-state index contributed by atoms with van der Waals surface area (Å²) in [5.74, 6) is 0.463. The van der Waals surface area contributed by atoms with E-state index in [1.807, 2.05) is 36.4 Å². The molecule has 3 aromatic heterocycles. The van der Waals surface area contributed by atoms with E-state index in [2.05, 4.69) is 25.1 Å². The van der Waals surface area contributed by atoms with Crippen molar-refractivity contribution in [2.75, 3.05) is 10.0 Å². The minimum atomic E-state index is -3.81. The summed E-state index contributed by atoms with van der Waals surface area (Å²) < 4.78 is 29.2. The zero-order valence-corrected chi connectivity index (χ0v) is 19.4. The summed E-state index contributed by atoms with van der Waals surface area (Å²) in [5.41, 5.74) is 2.29. The van der Waals surface area contributed by atoms with E-state index in [1.54, 1.807) is 29.8 Å². The second-order valence-electron chi connectivity index (χ2n) is 7.72. The third kappa shape index (κ3) is 4.59. The van der Waals surface area contributed by atoms with Crippen molar-refractivity contribution in [1.82, 2.24) is 19.7 Å². The van der Waals surface area contributed by atoms with Crippen LogP contribution in [0.5, 0.6) is 0 Å². The Labute approximate surface area is 201 Å². The Morgan fingerprint density at radius 1 is 0.914 bits per heavy atom. The highest BCUT2D eigenvalue weighted by molar-refractivity contribution is 7.92. The van der Waals surface area contributed by atoms with Gasteiger partial charge in [0, 0.05) is 17.3 Å². The molecule has 0 atom stereocenters. The van der Waals surface area contributed by atoms with Crippen LogP contribution in [0.3, 0.4) is 0 Å². The molecule has 9 nitrogen and oxygen atoms in total. The third-order valence-electron chi connectivity index (χ3n) is 5.38. The van der Waals surface area contributed by atoms with Gasteiger partial charge in [0.1, 0.15) is 5.82 Å². The fourth-order valence-corrected chi connectivity index (χ4v) is 4.58. The molecule has 1 amide bonds. The van der Waals surface area contributed by atoms with Crippen molar-refractivity contribution in [3.05, 3.63) is 103 Å². The Hall–Kier alpha value is -4.57. The van der Waals surface area contributed by atoms with Crippen molar-refractivity contribution in [2.24, 2.45) is 0 Å². The molecule has 0 spiro atoms. The Kier molecular flexibility index (Phi) is 5.71. The van der Waals surface area contributed by atoms with Crippen LogP contribution in [0, 0.1) is 6.92 Å². The zero-order valence-electron chi connectivity index (χ0n) is 18.6. The first-order valence-corrected chi connectivity index (χ1v) is 12.2.